The predicted molar refractivity (Wildman–Crippen MR) is 66.2 cm³/mol. The zero-order chi connectivity index (χ0) is 13.5. The number of methoxy groups -OCH3 is 1. The van der Waals surface area contributed by atoms with Gasteiger partial charge in [0.25, 0.3) is 0 Å². The molecule has 5 nitrogen and oxygen atoms in total. The van der Waals surface area contributed by atoms with Gasteiger partial charge in [-0.25, -0.2) is 4.79 Å². The fourth-order valence-corrected chi connectivity index (χ4v) is 1.50. The van der Waals surface area contributed by atoms with Crippen LogP contribution in [-0.4, -0.2) is 25.6 Å². The molecule has 0 heterocycles. The van der Waals surface area contributed by atoms with Crippen LogP contribution >= 0.6 is 0 Å². The molecular formula is C13H17NO4. The lowest BCUT2D eigenvalue weighted by molar-refractivity contribution is -0.154. The molecule has 0 bridgehead atoms. The highest BCUT2D eigenvalue weighted by molar-refractivity contribution is 6.32. The van der Waals surface area contributed by atoms with E-state index in [1.54, 1.807) is 14.0 Å². The quantitative estimate of drug-likeness (QED) is 0.644. The van der Waals surface area contributed by atoms with Crippen molar-refractivity contribution in [2.75, 3.05) is 13.7 Å². The van der Waals surface area contributed by atoms with E-state index in [4.69, 9.17) is 4.74 Å². The third-order valence-corrected chi connectivity index (χ3v) is 2.37. The van der Waals surface area contributed by atoms with Gasteiger partial charge in [-0.05, 0) is 31.0 Å². The number of carbonyl (C=O) groups is 2. The van der Waals surface area contributed by atoms with Gasteiger partial charge in [0.2, 0.25) is 0 Å². The first kappa shape index (κ1) is 14.0. The second-order valence-corrected chi connectivity index (χ2v) is 3.71. The SMILES string of the molecule is CCOC(=O)C(=O)NCc1ccc(OC)c(C)c1. The third-order valence-electron chi connectivity index (χ3n) is 2.37. The molecule has 98 valence electrons. The molecule has 0 aromatic heterocycles. The number of hydrogen-bond acceptors (Lipinski definition) is 4. The molecule has 0 saturated carbocycles. The first-order chi connectivity index (χ1) is 8.58. The minimum atomic E-state index is -0.859. The van der Waals surface area contributed by atoms with Crippen molar-refractivity contribution >= 4 is 11.9 Å². The van der Waals surface area contributed by atoms with Crippen LogP contribution in [0.25, 0.3) is 0 Å². The molecular weight excluding hydrogens is 234 g/mol. The molecule has 0 fully saturated rings. The summed E-state index contributed by atoms with van der Waals surface area (Å²) in [5.41, 5.74) is 1.87. The van der Waals surface area contributed by atoms with Crippen LogP contribution in [0.4, 0.5) is 0 Å². The van der Waals surface area contributed by atoms with Gasteiger partial charge < -0.3 is 14.8 Å². The Morgan fingerprint density at radius 2 is 2.06 bits per heavy atom. The van der Waals surface area contributed by atoms with Gasteiger partial charge in [0.05, 0.1) is 13.7 Å². The number of rotatable bonds is 4. The van der Waals surface area contributed by atoms with Crippen LogP contribution in [0.3, 0.4) is 0 Å². The van der Waals surface area contributed by atoms with Crippen molar-refractivity contribution < 1.29 is 19.1 Å². The minimum absolute atomic E-state index is 0.188. The summed E-state index contributed by atoms with van der Waals surface area (Å²) in [6.07, 6.45) is 0. The number of amides is 1. The van der Waals surface area contributed by atoms with E-state index < -0.39 is 11.9 Å². The third kappa shape index (κ3) is 3.76. The van der Waals surface area contributed by atoms with Gasteiger partial charge in [0, 0.05) is 6.54 Å². The van der Waals surface area contributed by atoms with Gasteiger partial charge in [0.1, 0.15) is 5.75 Å². The van der Waals surface area contributed by atoms with E-state index in [1.807, 2.05) is 25.1 Å². The summed E-state index contributed by atoms with van der Waals surface area (Å²) in [4.78, 5) is 22.4. The molecule has 0 atom stereocenters. The first-order valence-corrected chi connectivity index (χ1v) is 5.67. The highest BCUT2D eigenvalue weighted by atomic mass is 16.5. The second kappa shape index (κ2) is 6.64. The number of hydrogen-bond donors (Lipinski definition) is 1. The highest BCUT2D eigenvalue weighted by Gasteiger charge is 2.13. The topological polar surface area (TPSA) is 64.6 Å². The van der Waals surface area contributed by atoms with E-state index in [0.717, 1.165) is 16.9 Å². The predicted octanol–water partition coefficient (Wildman–Crippen LogP) is 1.18. The van der Waals surface area contributed by atoms with E-state index in [0.29, 0.717) is 0 Å². The normalized spacial score (nSPS) is 9.72. The molecule has 0 aliphatic rings. The van der Waals surface area contributed by atoms with Crippen LogP contribution in [0.1, 0.15) is 18.1 Å². The Labute approximate surface area is 106 Å². The number of nitrogens with one attached hydrogen (secondary N) is 1. The smallest absolute Gasteiger partial charge is 0.396 e. The Balaban J connectivity index is 2.56. The molecule has 0 saturated heterocycles. The average molecular weight is 251 g/mol. The maximum atomic E-state index is 11.3. The van der Waals surface area contributed by atoms with E-state index in [9.17, 15) is 9.59 Å². The maximum absolute atomic E-state index is 11.3. The van der Waals surface area contributed by atoms with Crippen LogP contribution in [-0.2, 0) is 20.9 Å². The minimum Gasteiger partial charge on any atom is -0.496 e. The fourth-order valence-electron chi connectivity index (χ4n) is 1.50. The van der Waals surface area contributed by atoms with Gasteiger partial charge in [-0.15, -0.1) is 0 Å². The molecule has 1 amide bonds. The van der Waals surface area contributed by atoms with Crippen molar-refractivity contribution in [3.8, 4) is 5.75 Å². The highest BCUT2D eigenvalue weighted by Crippen LogP contribution is 2.18. The summed E-state index contributed by atoms with van der Waals surface area (Å²) >= 11 is 0. The van der Waals surface area contributed by atoms with Gasteiger partial charge in [-0.1, -0.05) is 12.1 Å². The summed E-state index contributed by atoms with van der Waals surface area (Å²) in [5, 5.41) is 2.49. The zero-order valence-corrected chi connectivity index (χ0v) is 10.8. The summed E-state index contributed by atoms with van der Waals surface area (Å²) in [7, 11) is 1.60. The Bertz CT molecular complexity index is 443. The van der Waals surface area contributed by atoms with E-state index in [-0.39, 0.29) is 13.2 Å². The largest absolute Gasteiger partial charge is 0.496 e. The van der Waals surface area contributed by atoms with Crippen LogP contribution in [0.2, 0.25) is 0 Å². The van der Waals surface area contributed by atoms with Crippen molar-refractivity contribution in [3.63, 3.8) is 0 Å². The monoisotopic (exact) mass is 251 g/mol. The molecule has 1 aromatic rings. The molecule has 0 aliphatic heterocycles. The van der Waals surface area contributed by atoms with Crippen molar-refractivity contribution in [2.24, 2.45) is 0 Å². The first-order valence-electron chi connectivity index (χ1n) is 5.67. The number of aryl methyl sites for hydroxylation is 1. The molecule has 18 heavy (non-hydrogen) atoms. The number of ether oxygens (including phenoxy) is 2. The van der Waals surface area contributed by atoms with Crippen LogP contribution < -0.4 is 10.1 Å². The molecule has 0 spiro atoms. The van der Waals surface area contributed by atoms with Crippen molar-refractivity contribution in [1.82, 2.24) is 5.32 Å². The lowest BCUT2D eigenvalue weighted by Crippen LogP contribution is -2.32. The van der Waals surface area contributed by atoms with Crippen LogP contribution in [0, 0.1) is 6.92 Å². The Morgan fingerprint density at radius 1 is 1.33 bits per heavy atom. The van der Waals surface area contributed by atoms with Gasteiger partial charge in [-0.3, -0.25) is 4.79 Å². The molecule has 5 heteroatoms. The van der Waals surface area contributed by atoms with Crippen LogP contribution in [0.5, 0.6) is 5.75 Å². The number of carbonyl (C=O) groups excluding carboxylic acids is 2. The summed E-state index contributed by atoms with van der Waals surface area (Å²) < 4.78 is 9.72. The number of esters is 1. The Morgan fingerprint density at radius 3 is 2.61 bits per heavy atom. The lowest BCUT2D eigenvalue weighted by Gasteiger charge is -2.08. The summed E-state index contributed by atoms with van der Waals surface area (Å²) in [6, 6.07) is 5.54. The standard InChI is InChI=1S/C13H17NO4/c1-4-18-13(16)12(15)14-8-10-5-6-11(17-3)9(2)7-10/h5-7H,4,8H2,1-3H3,(H,14,15). The van der Waals surface area contributed by atoms with Crippen molar-refractivity contribution in [3.05, 3.63) is 29.3 Å². The Hall–Kier alpha value is -2.04. The molecule has 0 unspecified atom stereocenters. The Kier molecular flexibility index (Phi) is 5.17. The van der Waals surface area contributed by atoms with E-state index in [1.165, 1.54) is 0 Å². The molecule has 1 rings (SSSR count). The van der Waals surface area contributed by atoms with E-state index >= 15 is 0 Å². The van der Waals surface area contributed by atoms with Crippen LogP contribution in [0.15, 0.2) is 18.2 Å². The fraction of sp³-hybridized carbons (Fsp3) is 0.385. The van der Waals surface area contributed by atoms with Gasteiger partial charge >= 0.3 is 11.9 Å². The number of benzene rings is 1. The molecule has 0 radical (unpaired) electrons. The van der Waals surface area contributed by atoms with Gasteiger partial charge in [-0.2, -0.15) is 0 Å². The maximum Gasteiger partial charge on any atom is 0.396 e. The lowest BCUT2D eigenvalue weighted by atomic mass is 10.1. The molecule has 0 aliphatic carbocycles. The van der Waals surface area contributed by atoms with Gasteiger partial charge in [0.15, 0.2) is 0 Å². The van der Waals surface area contributed by atoms with Crippen molar-refractivity contribution in [1.29, 1.82) is 0 Å². The van der Waals surface area contributed by atoms with E-state index in [2.05, 4.69) is 10.1 Å². The molecule has 1 aromatic carbocycles. The summed E-state index contributed by atoms with van der Waals surface area (Å²) in [5.74, 6) is -0.802. The van der Waals surface area contributed by atoms with Crippen molar-refractivity contribution in [2.45, 2.75) is 20.4 Å². The molecule has 1 N–H and O–H groups in total. The summed E-state index contributed by atoms with van der Waals surface area (Å²) in [6.45, 7) is 4.03. The average Bonchev–Trinajstić information content (AvgIpc) is 2.36. The zero-order valence-electron chi connectivity index (χ0n) is 10.8. The second-order valence-electron chi connectivity index (χ2n) is 3.71.